The lowest BCUT2D eigenvalue weighted by atomic mass is 9.98. The number of methoxy groups -OCH3 is 1. The zero-order valence-corrected chi connectivity index (χ0v) is 5.39. The Kier molecular flexibility index (Phi) is 2.34. The van der Waals surface area contributed by atoms with Gasteiger partial charge in [0, 0.05) is 7.11 Å². The molecule has 8 heavy (non-hydrogen) atoms. The van der Waals surface area contributed by atoms with Gasteiger partial charge in [0.2, 0.25) is 0 Å². The number of hydrogen-bond acceptors (Lipinski definition) is 1. The minimum absolute atomic E-state index is 0.462. The predicted octanol–water partition coefficient (Wildman–Crippen LogP) is 1.78. The van der Waals surface area contributed by atoms with Crippen molar-refractivity contribution in [3.8, 4) is 0 Å². The number of rotatable bonds is 1. The van der Waals surface area contributed by atoms with Gasteiger partial charge in [0.15, 0.2) is 0 Å². The minimum Gasteiger partial charge on any atom is -0.381 e. The van der Waals surface area contributed by atoms with Gasteiger partial charge in [0.05, 0.1) is 6.10 Å². The molecule has 1 rings (SSSR count). The Morgan fingerprint density at radius 1 is 1.50 bits per heavy atom. The first-order chi connectivity index (χ1) is 3.93. The molecule has 0 unspecified atom stereocenters. The molecule has 0 aromatic carbocycles. The highest BCUT2D eigenvalue weighted by Gasteiger charge is 2.10. The maximum absolute atomic E-state index is 5.14. The van der Waals surface area contributed by atoms with Crippen molar-refractivity contribution in [1.82, 2.24) is 0 Å². The van der Waals surface area contributed by atoms with Crippen molar-refractivity contribution in [2.45, 2.75) is 31.8 Å². The summed E-state index contributed by atoms with van der Waals surface area (Å²) in [6.45, 7) is 0. The Hall–Kier alpha value is -0.0400. The van der Waals surface area contributed by atoms with Gasteiger partial charge in [0.1, 0.15) is 0 Å². The van der Waals surface area contributed by atoms with E-state index in [2.05, 4.69) is 6.42 Å². The van der Waals surface area contributed by atoms with E-state index in [1.165, 1.54) is 25.7 Å². The molecule has 0 spiro atoms. The van der Waals surface area contributed by atoms with Crippen molar-refractivity contribution in [1.29, 1.82) is 0 Å². The van der Waals surface area contributed by atoms with Gasteiger partial charge in [0.25, 0.3) is 0 Å². The minimum atomic E-state index is 0.462. The lowest BCUT2D eigenvalue weighted by Crippen LogP contribution is -2.14. The molecule has 1 fully saturated rings. The molecule has 1 nitrogen and oxygen atoms in total. The van der Waals surface area contributed by atoms with Gasteiger partial charge in [-0.3, -0.25) is 0 Å². The molecular weight excluding hydrogens is 100 g/mol. The average Bonchev–Trinajstić information content (AvgIpc) is 1.90. The van der Waals surface area contributed by atoms with Gasteiger partial charge < -0.3 is 4.74 Å². The van der Waals surface area contributed by atoms with Crippen molar-refractivity contribution in [3.63, 3.8) is 0 Å². The van der Waals surface area contributed by atoms with Crippen LogP contribution < -0.4 is 0 Å². The zero-order chi connectivity index (χ0) is 5.82. The molecule has 1 aliphatic rings. The van der Waals surface area contributed by atoms with Crippen molar-refractivity contribution in [2.75, 3.05) is 7.11 Å². The lowest BCUT2D eigenvalue weighted by molar-refractivity contribution is 0.106. The summed E-state index contributed by atoms with van der Waals surface area (Å²) < 4.78 is 5.14. The summed E-state index contributed by atoms with van der Waals surface area (Å²) >= 11 is 0. The first kappa shape index (κ1) is 6.09. The monoisotopic (exact) mass is 113 g/mol. The number of ether oxygens (including phenoxy) is 1. The molecule has 1 aliphatic carbocycles. The third-order valence-electron chi connectivity index (χ3n) is 1.68. The van der Waals surface area contributed by atoms with Gasteiger partial charge >= 0.3 is 0 Å². The van der Waals surface area contributed by atoms with E-state index < -0.39 is 0 Å². The average molecular weight is 113 g/mol. The Balaban J connectivity index is 2.13. The topological polar surface area (TPSA) is 9.23 Å². The molecule has 0 bridgehead atoms. The SMILES string of the molecule is CO[C@@H]1[CH]CCCC1. The highest BCUT2D eigenvalue weighted by molar-refractivity contribution is 4.80. The van der Waals surface area contributed by atoms with Crippen LogP contribution in [0.25, 0.3) is 0 Å². The molecule has 0 amide bonds. The summed E-state index contributed by atoms with van der Waals surface area (Å²) in [7, 11) is 1.78. The van der Waals surface area contributed by atoms with E-state index in [9.17, 15) is 0 Å². The molecule has 0 aliphatic heterocycles. The summed E-state index contributed by atoms with van der Waals surface area (Å²) in [5.74, 6) is 0. The van der Waals surface area contributed by atoms with Gasteiger partial charge in [-0.1, -0.05) is 12.8 Å². The molecule has 0 heterocycles. The van der Waals surface area contributed by atoms with Crippen molar-refractivity contribution < 1.29 is 4.74 Å². The van der Waals surface area contributed by atoms with Crippen LogP contribution in [0.4, 0.5) is 0 Å². The van der Waals surface area contributed by atoms with E-state index >= 15 is 0 Å². The van der Waals surface area contributed by atoms with Crippen LogP contribution in [0.3, 0.4) is 0 Å². The predicted molar refractivity (Wildman–Crippen MR) is 33.6 cm³/mol. The smallest absolute Gasteiger partial charge is 0.0603 e. The fourth-order valence-electron chi connectivity index (χ4n) is 1.13. The highest BCUT2D eigenvalue weighted by Crippen LogP contribution is 2.17. The van der Waals surface area contributed by atoms with Gasteiger partial charge in [-0.2, -0.15) is 0 Å². The van der Waals surface area contributed by atoms with E-state index in [1.807, 2.05) is 0 Å². The highest BCUT2D eigenvalue weighted by atomic mass is 16.5. The third kappa shape index (κ3) is 1.48. The summed E-state index contributed by atoms with van der Waals surface area (Å²) in [5.41, 5.74) is 0. The molecule has 0 N–H and O–H groups in total. The third-order valence-corrected chi connectivity index (χ3v) is 1.68. The first-order valence-corrected chi connectivity index (χ1v) is 3.29. The van der Waals surface area contributed by atoms with Crippen LogP contribution in [0.2, 0.25) is 0 Å². The van der Waals surface area contributed by atoms with Gasteiger partial charge in [-0.25, -0.2) is 0 Å². The molecule has 0 saturated heterocycles. The Bertz CT molecular complexity index is 55.4. The molecule has 1 heteroatoms. The second-order valence-electron chi connectivity index (χ2n) is 2.29. The quantitative estimate of drug-likeness (QED) is 0.503. The standard InChI is InChI=1S/C7H13O/c1-8-7-5-3-2-4-6-7/h5,7H,2-4,6H2,1H3/t7-/m1/s1. The molecular formula is C7H13O. The molecule has 0 aromatic rings. The van der Waals surface area contributed by atoms with Crippen LogP contribution in [0.5, 0.6) is 0 Å². The zero-order valence-electron chi connectivity index (χ0n) is 5.39. The fraction of sp³-hybridized carbons (Fsp3) is 0.857. The molecule has 1 radical (unpaired) electrons. The van der Waals surface area contributed by atoms with E-state index in [1.54, 1.807) is 7.11 Å². The summed E-state index contributed by atoms with van der Waals surface area (Å²) in [5, 5.41) is 0. The lowest BCUT2D eigenvalue weighted by Gasteiger charge is -2.18. The summed E-state index contributed by atoms with van der Waals surface area (Å²) in [4.78, 5) is 0. The molecule has 1 atom stereocenters. The van der Waals surface area contributed by atoms with Crippen LogP contribution >= 0.6 is 0 Å². The summed E-state index contributed by atoms with van der Waals surface area (Å²) in [6, 6.07) is 0. The van der Waals surface area contributed by atoms with Crippen molar-refractivity contribution in [3.05, 3.63) is 6.42 Å². The second kappa shape index (κ2) is 3.08. The second-order valence-corrected chi connectivity index (χ2v) is 2.29. The van der Waals surface area contributed by atoms with Crippen LogP contribution in [0, 0.1) is 6.42 Å². The van der Waals surface area contributed by atoms with Crippen LogP contribution in [0.1, 0.15) is 25.7 Å². The Morgan fingerprint density at radius 3 is 2.75 bits per heavy atom. The van der Waals surface area contributed by atoms with Crippen LogP contribution in [-0.2, 0) is 4.74 Å². The van der Waals surface area contributed by atoms with E-state index in [0.29, 0.717) is 6.10 Å². The maximum Gasteiger partial charge on any atom is 0.0603 e. The van der Waals surface area contributed by atoms with E-state index in [0.717, 1.165) is 0 Å². The normalized spacial score (nSPS) is 23.6. The van der Waals surface area contributed by atoms with Crippen LogP contribution in [-0.4, -0.2) is 13.2 Å². The summed E-state index contributed by atoms with van der Waals surface area (Å²) in [6.07, 6.45) is 7.91. The molecule has 47 valence electrons. The van der Waals surface area contributed by atoms with Crippen molar-refractivity contribution in [2.24, 2.45) is 0 Å². The maximum atomic E-state index is 5.14. The molecule has 0 aromatic heterocycles. The first-order valence-electron chi connectivity index (χ1n) is 3.29. The van der Waals surface area contributed by atoms with E-state index in [-0.39, 0.29) is 0 Å². The largest absolute Gasteiger partial charge is 0.381 e. The van der Waals surface area contributed by atoms with Crippen LogP contribution in [0.15, 0.2) is 0 Å². The Morgan fingerprint density at radius 2 is 2.38 bits per heavy atom. The Labute approximate surface area is 51.0 Å². The van der Waals surface area contributed by atoms with E-state index in [4.69, 9.17) is 4.74 Å². The molecule has 1 saturated carbocycles. The van der Waals surface area contributed by atoms with Crippen molar-refractivity contribution >= 4 is 0 Å². The van der Waals surface area contributed by atoms with Gasteiger partial charge in [-0.15, -0.1) is 0 Å². The fourth-order valence-corrected chi connectivity index (χ4v) is 1.13. The number of hydrogen-bond donors (Lipinski definition) is 0. The van der Waals surface area contributed by atoms with Gasteiger partial charge in [-0.05, 0) is 19.3 Å².